The van der Waals surface area contributed by atoms with E-state index >= 15 is 0 Å². The second-order valence-corrected chi connectivity index (χ2v) is 1.06. The second-order valence-electron chi connectivity index (χ2n) is 1.06. The van der Waals surface area contributed by atoms with Crippen LogP contribution in [0.3, 0.4) is 0 Å². The lowest BCUT2D eigenvalue weighted by Gasteiger charge is -1.89. The van der Waals surface area contributed by atoms with Gasteiger partial charge in [0.2, 0.25) is 0 Å². The summed E-state index contributed by atoms with van der Waals surface area (Å²) in [6.07, 6.45) is 1.54. The first-order valence-electron chi connectivity index (χ1n) is 1.80. The molecule has 4 nitrogen and oxygen atoms in total. The minimum atomic E-state index is 0.500. The predicted octanol–water partition coefficient (Wildman–Crippen LogP) is -1.04. The van der Waals surface area contributed by atoms with Crippen LogP contribution in [0.2, 0.25) is 0 Å². The van der Waals surface area contributed by atoms with E-state index in [-0.39, 0.29) is 0 Å². The van der Waals surface area contributed by atoms with Crippen molar-refractivity contribution in [2.45, 2.75) is 0 Å². The van der Waals surface area contributed by atoms with Gasteiger partial charge in [-0.1, -0.05) is 0 Å². The van der Waals surface area contributed by atoms with E-state index in [4.69, 9.17) is 5.26 Å². The van der Waals surface area contributed by atoms with Crippen molar-refractivity contribution in [2.24, 2.45) is 0 Å². The maximum atomic E-state index is 8.11. The van der Waals surface area contributed by atoms with Crippen molar-refractivity contribution in [2.75, 3.05) is 0 Å². The number of nitrogens with one attached hydrogen (secondary N) is 3. The fourth-order valence-electron chi connectivity index (χ4n) is 0.308. The van der Waals surface area contributed by atoms with E-state index in [1.807, 2.05) is 6.07 Å². The minimum Gasteiger partial charge on any atom is -0.308 e. The summed E-state index contributed by atoms with van der Waals surface area (Å²) in [7, 11) is 0. The van der Waals surface area contributed by atoms with E-state index in [1.165, 1.54) is 0 Å². The van der Waals surface area contributed by atoms with Gasteiger partial charge in [-0.15, -0.1) is 5.53 Å². The zero-order valence-corrected chi connectivity index (χ0v) is 3.52. The first-order chi connectivity index (χ1) is 3.43. The molecule has 1 aliphatic heterocycles. The molecule has 1 heterocycles. The minimum absolute atomic E-state index is 0.500. The molecule has 0 amide bonds. The molecule has 0 saturated carbocycles. The summed E-state index contributed by atoms with van der Waals surface area (Å²) in [6.45, 7) is 0. The molecule has 7 heavy (non-hydrogen) atoms. The predicted molar refractivity (Wildman–Crippen MR) is 23.1 cm³/mol. The summed E-state index contributed by atoms with van der Waals surface area (Å²) < 4.78 is 0. The number of nitrogens with zero attached hydrogens (tertiary/aromatic N) is 1. The van der Waals surface area contributed by atoms with Crippen LogP contribution in [0.5, 0.6) is 0 Å². The molecule has 0 bridgehead atoms. The van der Waals surface area contributed by atoms with Crippen LogP contribution in [0, 0.1) is 11.3 Å². The molecule has 0 fully saturated rings. The van der Waals surface area contributed by atoms with Crippen LogP contribution in [0.15, 0.2) is 11.9 Å². The largest absolute Gasteiger partial charge is 0.308 e. The highest BCUT2D eigenvalue weighted by molar-refractivity contribution is 5.18. The number of hydrogen-bond donors (Lipinski definition) is 3. The zero-order valence-electron chi connectivity index (χ0n) is 3.52. The van der Waals surface area contributed by atoms with Gasteiger partial charge in [-0.25, -0.2) is 0 Å². The molecule has 0 aliphatic carbocycles. The van der Waals surface area contributed by atoms with Gasteiger partial charge in [0.25, 0.3) is 0 Å². The van der Waals surface area contributed by atoms with Gasteiger partial charge in [0.1, 0.15) is 11.8 Å². The molecule has 1 aliphatic rings. The molecular formula is C3H4N4. The Bertz CT molecular complexity index is 130. The van der Waals surface area contributed by atoms with Gasteiger partial charge in [0, 0.05) is 6.20 Å². The molecule has 0 unspecified atom stereocenters. The summed E-state index contributed by atoms with van der Waals surface area (Å²) in [5.74, 6) is 0. The van der Waals surface area contributed by atoms with Crippen LogP contribution in [-0.4, -0.2) is 0 Å². The highest BCUT2D eigenvalue weighted by atomic mass is 15.6. The van der Waals surface area contributed by atoms with Crippen molar-refractivity contribution in [3.8, 4) is 6.07 Å². The van der Waals surface area contributed by atoms with Crippen LogP contribution in [-0.2, 0) is 0 Å². The molecule has 36 valence electrons. The fraction of sp³-hybridized carbons (Fsp3) is 0. The third-order valence-electron chi connectivity index (χ3n) is 0.606. The van der Waals surface area contributed by atoms with Crippen LogP contribution in [0.1, 0.15) is 0 Å². The van der Waals surface area contributed by atoms with Gasteiger partial charge in [-0.05, 0) is 0 Å². The van der Waals surface area contributed by atoms with Crippen LogP contribution in [0.4, 0.5) is 0 Å². The maximum Gasteiger partial charge on any atom is 0.146 e. The van der Waals surface area contributed by atoms with Crippen molar-refractivity contribution in [3.63, 3.8) is 0 Å². The molecule has 0 aromatic heterocycles. The van der Waals surface area contributed by atoms with Crippen molar-refractivity contribution in [3.05, 3.63) is 11.9 Å². The molecule has 0 aromatic rings. The van der Waals surface area contributed by atoms with E-state index in [0.29, 0.717) is 5.70 Å². The van der Waals surface area contributed by atoms with E-state index < -0.39 is 0 Å². The Hall–Kier alpha value is -1.21. The monoisotopic (exact) mass is 96.0 g/mol. The Morgan fingerprint density at radius 3 is 2.86 bits per heavy atom. The third kappa shape index (κ3) is 0.614. The Kier molecular flexibility index (Phi) is 0.845. The molecule has 0 radical (unpaired) electrons. The van der Waals surface area contributed by atoms with Crippen molar-refractivity contribution in [1.82, 2.24) is 16.4 Å². The highest BCUT2D eigenvalue weighted by Crippen LogP contribution is 1.81. The van der Waals surface area contributed by atoms with Gasteiger partial charge in [-0.3, -0.25) is 5.43 Å². The van der Waals surface area contributed by atoms with Gasteiger partial charge in [0.15, 0.2) is 0 Å². The molecular weight excluding hydrogens is 92.1 g/mol. The number of hydrogen-bond acceptors (Lipinski definition) is 4. The SMILES string of the molecule is N#CC1=CNNN1. The normalized spacial score (nSPS) is 16.1. The molecule has 4 heteroatoms. The highest BCUT2D eigenvalue weighted by Gasteiger charge is 1.95. The summed E-state index contributed by atoms with van der Waals surface area (Å²) in [4.78, 5) is 0. The molecule has 0 spiro atoms. The summed E-state index contributed by atoms with van der Waals surface area (Å²) >= 11 is 0. The topological polar surface area (TPSA) is 59.9 Å². The van der Waals surface area contributed by atoms with Crippen LogP contribution in [0.25, 0.3) is 0 Å². The Labute approximate surface area is 40.8 Å². The van der Waals surface area contributed by atoms with Crippen molar-refractivity contribution < 1.29 is 0 Å². The Morgan fingerprint density at radius 2 is 2.57 bits per heavy atom. The van der Waals surface area contributed by atoms with Gasteiger partial charge >= 0.3 is 0 Å². The molecule has 0 atom stereocenters. The lowest BCUT2D eigenvalue weighted by Crippen LogP contribution is -2.31. The maximum absolute atomic E-state index is 8.11. The summed E-state index contributed by atoms with van der Waals surface area (Å²) in [5.41, 5.74) is 8.13. The number of nitriles is 1. The van der Waals surface area contributed by atoms with Gasteiger partial charge in [0.05, 0.1) is 0 Å². The number of rotatable bonds is 0. The van der Waals surface area contributed by atoms with E-state index in [2.05, 4.69) is 16.4 Å². The van der Waals surface area contributed by atoms with Gasteiger partial charge in [-0.2, -0.15) is 5.26 Å². The Balaban J connectivity index is 2.57. The second kappa shape index (κ2) is 1.49. The van der Waals surface area contributed by atoms with Crippen LogP contribution < -0.4 is 16.4 Å². The lowest BCUT2D eigenvalue weighted by atomic mass is 10.6. The average Bonchev–Trinajstić information content (AvgIpc) is 2.14. The van der Waals surface area contributed by atoms with E-state index in [9.17, 15) is 0 Å². The van der Waals surface area contributed by atoms with Gasteiger partial charge < -0.3 is 5.43 Å². The molecule has 3 N–H and O–H groups in total. The molecule has 0 aromatic carbocycles. The lowest BCUT2D eigenvalue weighted by molar-refractivity contribution is 0.606. The Morgan fingerprint density at radius 1 is 1.71 bits per heavy atom. The summed E-state index contributed by atoms with van der Waals surface area (Å²) in [5, 5.41) is 8.11. The smallest absolute Gasteiger partial charge is 0.146 e. The van der Waals surface area contributed by atoms with E-state index in [0.717, 1.165) is 0 Å². The first kappa shape index (κ1) is 3.96. The van der Waals surface area contributed by atoms with Crippen molar-refractivity contribution in [1.29, 1.82) is 5.26 Å². The molecule has 1 rings (SSSR count). The summed E-state index contributed by atoms with van der Waals surface area (Å²) in [6, 6.07) is 1.89. The third-order valence-corrected chi connectivity index (χ3v) is 0.606. The molecule has 0 saturated heterocycles. The number of hydrazine groups is 2. The average molecular weight is 96.1 g/mol. The number of allylic oxidation sites excluding steroid dienone is 1. The first-order valence-corrected chi connectivity index (χ1v) is 1.80. The standard InChI is InChI=1S/C3H4N4/c4-1-3-2-5-7-6-3/h2,5-7H. The fourth-order valence-corrected chi connectivity index (χ4v) is 0.308. The quantitative estimate of drug-likeness (QED) is 0.360. The van der Waals surface area contributed by atoms with Crippen LogP contribution >= 0.6 is 0 Å². The zero-order chi connectivity index (χ0) is 5.11. The van der Waals surface area contributed by atoms with E-state index in [1.54, 1.807) is 6.20 Å². The van der Waals surface area contributed by atoms with Crippen molar-refractivity contribution >= 4 is 0 Å².